The summed E-state index contributed by atoms with van der Waals surface area (Å²) in [6, 6.07) is 10.8. The molecule has 2 nitrogen and oxygen atoms in total. The number of hydrogen-bond acceptors (Lipinski definition) is 3. The Balaban J connectivity index is 2.39. The number of carbonyl (C=O) groups excluding carboxylic acids is 1. The van der Waals surface area contributed by atoms with Crippen LogP contribution in [-0.2, 0) is 0 Å². The average molecular weight is 276 g/mol. The van der Waals surface area contributed by atoms with Crippen LogP contribution in [0.15, 0.2) is 35.7 Å². The third-order valence-corrected chi connectivity index (χ3v) is 3.93. The van der Waals surface area contributed by atoms with E-state index in [9.17, 15) is 10.1 Å². The van der Waals surface area contributed by atoms with Crippen molar-refractivity contribution in [3.63, 3.8) is 0 Å². The third kappa shape index (κ3) is 2.45. The van der Waals surface area contributed by atoms with Crippen LogP contribution in [0.5, 0.6) is 0 Å². The Morgan fingerprint density at radius 2 is 2.22 bits per heavy atom. The van der Waals surface area contributed by atoms with Crippen LogP contribution in [0.4, 0.5) is 0 Å². The first-order valence-electron chi connectivity index (χ1n) is 5.37. The molecule has 1 aromatic heterocycles. The van der Waals surface area contributed by atoms with Gasteiger partial charge in [0.15, 0.2) is 5.78 Å². The second kappa shape index (κ2) is 5.34. The number of aryl methyl sites for hydroxylation is 1. The first kappa shape index (κ1) is 12.8. The van der Waals surface area contributed by atoms with Gasteiger partial charge in [0.05, 0.1) is 10.9 Å². The number of hydrogen-bond donors (Lipinski definition) is 0. The Labute approximate surface area is 114 Å². The van der Waals surface area contributed by atoms with E-state index < -0.39 is 5.92 Å². The molecule has 0 bridgehead atoms. The van der Waals surface area contributed by atoms with Gasteiger partial charge < -0.3 is 0 Å². The molecule has 1 aromatic carbocycles. The first-order chi connectivity index (χ1) is 8.63. The van der Waals surface area contributed by atoms with Crippen LogP contribution >= 0.6 is 22.9 Å². The predicted molar refractivity (Wildman–Crippen MR) is 73.2 cm³/mol. The van der Waals surface area contributed by atoms with E-state index in [1.54, 1.807) is 24.3 Å². The number of Topliss-reactive ketones (excluding diaryl/α,β-unsaturated/α-hetero) is 1. The van der Waals surface area contributed by atoms with Gasteiger partial charge in [0.1, 0.15) is 5.92 Å². The molecule has 1 unspecified atom stereocenters. The van der Waals surface area contributed by atoms with Gasteiger partial charge in [-0.05, 0) is 41.6 Å². The van der Waals surface area contributed by atoms with Gasteiger partial charge in [0, 0.05) is 5.02 Å². The number of carbonyl (C=O) groups is 1. The fourth-order valence-electron chi connectivity index (χ4n) is 1.73. The molecule has 0 aliphatic heterocycles. The van der Waals surface area contributed by atoms with Gasteiger partial charge in [-0.2, -0.15) is 5.26 Å². The zero-order chi connectivity index (χ0) is 13.1. The molecule has 1 heterocycles. The number of ketones is 1. The number of halogens is 1. The Bertz CT molecular complexity index is 627. The van der Waals surface area contributed by atoms with Gasteiger partial charge >= 0.3 is 0 Å². The predicted octanol–water partition coefficient (Wildman–Crippen LogP) is 4.20. The summed E-state index contributed by atoms with van der Waals surface area (Å²) in [5.41, 5.74) is 1.55. The van der Waals surface area contributed by atoms with Crippen LogP contribution in [-0.4, -0.2) is 5.78 Å². The van der Waals surface area contributed by atoms with Crippen LogP contribution in [0.25, 0.3) is 0 Å². The van der Waals surface area contributed by atoms with Crippen LogP contribution in [0.3, 0.4) is 0 Å². The van der Waals surface area contributed by atoms with Gasteiger partial charge in [-0.1, -0.05) is 23.7 Å². The fraction of sp³-hybridized carbons (Fsp3) is 0.143. The maximum Gasteiger partial charge on any atom is 0.194 e. The molecule has 1 atom stereocenters. The van der Waals surface area contributed by atoms with Crippen LogP contribution in [0.2, 0.25) is 5.02 Å². The molecule has 0 saturated heterocycles. The monoisotopic (exact) mass is 275 g/mol. The van der Waals surface area contributed by atoms with E-state index in [-0.39, 0.29) is 5.78 Å². The summed E-state index contributed by atoms with van der Waals surface area (Å²) in [6.07, 6.45) is 0. The normalized spacial score (nSPS) is 11.8. The molecule has 0 amide bonds. The van der Waals surface area contributed by atoms with Crippen LogP contribution < -0.4 is 0 Å². The van der Waals surface area contributed by atoms with E-state index in [1.165, 1.54) is 11.3 Å². The van der Waals surface area contributed by atoms with E-state index >= 15 is 0 Å². The fourth-order valence-corrected chi connectivity index (χ4v) is 2.82. The maximum atomic E-state index is 12.3. The van der Waals surface area contributed by atoms with E-state index in [0.717, 1.165) is 5.56 Å². The van der Waals surface area contributed by atoms with E-state index in [1.807, 2.05) is 18.4 Å². The van der Waals surface area contributed by atoms with Gasteiger partial charge in [0.25, 0.3) is 0 Å². The average Bonchev–Trinajstić information content (AvgIpc) is 2.76. The molecule has 18 heavy (non-hydrogen) atoms. The van der Waals surface area contributed by atoms with Crippen molar-refractivity contribution in [2.45, 2.75) is 12.8 Å². The van der Waals surface area contributed by atoms with Gasteiger partial charge in [-0.3, -0.25) is 4.79 Å². The summed E-state index contributed by atoms with van der Waals surface area (Å²) < 4.78 is 0. The van der Waals surface area contributed by atoms with E-state index in [4.69, 9.17) is 11.6 Å². The van der Waals surface area contributed by atoms with Crippen molar-refractivity contribution in [1.29, 1.82) is 5.26 Å². The zero-order valence-electron chi connectivity index (χ0n) is 9.68. The summed E-state index contributed by atoms with van der Waals surface area (Å²) in [5, 5.41) is 11.6. The van der Waals surface area contributed by atoms with E-state index in [2.05, 4.69) is 6.07 Å². The minimum absolute atomic E-state index is 0.160. The van der Waals surface area contributed by atoms with Crippen molar-refractivity contribution < 1.29 is 4.79 Å². The molecule has 0 fully saturated rings. The molecule has 4 heteroatoms. The van der Waals surface area contributed by atoms with Crippen molar-refractivity contribution in [3.05, 3.63) is 56.7 Å². The topological polar surface area (TPSA) is 40.9 Å². The Morgan fingerprint density at radius 1 is 1.44 bits per heavy atom. The number of benzene rings is 1. The Kier molecular flexibility index (Phi) is 3.81. The van der Waals surface area contributed by atoms with Crippen molar-refractivity contribution in [1.82, 2.24) is 0 Å². The number of thiophene rings is 1. The zero-order valence-corrected chi connectivity index (χ0v) is 11.3. The molecule has 0 aliphatic carbocycles. The molecule has 0 N–H and O–H groups in total. The molecule has 90 valence electrons. The lowest BCUT2D eigenvalue weighted by Gasteiger charge is -2.08. The summed E-state index contributed by atoms with van der Waals surface area (Å²) in [7, 11) is 0. The van der Waals surface area contributed by atoms with Gasteiger partial charge in [-0.25, -0.2) is 0 Å². The van der Waals surface area contributed by atoms with Crippen LogP contribution in [0, 0.1) is 18.3 Å². The SMILES string of the molecule is Cc1ccsc1C(=O)C(C#N)c1cccc(Cl)c1. The Morgan fingerprint density at radius 3 is 2.78 bits per heavy atom. The highest BCUT2D eigenvalue weighted by Crippen LogP contribution is 2.27. The quantitative estimate of drug-likeness (QED) is 0.788. The van der Waals surface area contributed by atoms with Crippen LogP contribution in [0.1, 0.15) is 26.7 Å². The smallest absolute Gasteiger partial charge is 0.194 e. The minimum atomic E-state index is -0.791. The second-order valence-electron chi connectivity index (χ2n) is 3.91. The molecule has 2 aromatic rings. The highest BCUT2D eigenvalue weighted by molar-refractivity contribution is 7.12. The molecule has 0 spiro atoms. The Hall–Kier alpha value is -1.63. The number of rotatable bonds is 3. The van der Waals surface area contributed by atoms with Crippen molar-refractivity contribution in [2.75, 3.05) is 0 Å². The van der Waals surface area contributed by atoms with Crippen molar-refractivity contribution >= 4 is 28.7 Å². The lowest BCUT2D eigenvalue weighted by atomic mass is 9.94. The summed E-state index contributed by atoms with van der Waals surface area (Å²) in [5.74, 6) is -0.951. The van der Waals surface area contributed by atoms with Crippen molar-refractivity contribution in [2.24, 2.45) is 0 Å². The molecule has 2 rings (SSSR count). The summed E-state index contributed by atoms with van der Waals surface area (Å²) >= 11 is 7.26. The second-order valence-corrected chi connectivity index (χ2v) is 5.27. The molecular weight excluding hydrogens is 266 g/mol. The number of nitrogens with zero attached hydrogens (tertiary/aromatic N) is 1. The van der Waals surface area contributed by atoms with Gasteiger partial charge in [0.2, 0.25) is 0 Å². The number of nitriles is 1. The molecule has 0 aliphatic rings. The van der Waals surface area contributed by atoms with E-state index in [0.29, 0.717) is 15.5 Å². The molecule has 0 radical (unpaired) electrons. The molecular formula is C14H10ClNOS. The maximum absolute atomic E-state index is 12.3. The standard InChI is InChI=1S/C14H10ClNOS/c1-9-5-6-18-14(9)13(17)12(8-16)10-3-2-4-11(15)7-10/h2-7,12H,1H3. The molecule has 0 saturated carbocycles. The van der Waals surface area contributed by atoms with Crippen molar-refractivity contribution in [3.8, 4) is 6.07 Å². The highest BCUT2D eigenvalue weighted by atomic mass is 35.5. The largest absolute Gasteiger partial charge is 0.291 e. The van der Waals surface area contributed by atoms with Gasteiger partial charge in [-0.15, -0.1) is 11.3 Å². The lowest BCUT2D eigenvalue weighted by molar-refractivity contribution is 0.0982. The minimum Gasteiger partial charge on any atom is -0.291 e. The summed E-state index contributed by atoms with van der Waals surface area (Å²) in [6.45, 7) is 1.87. The summed E-state index contributed by atoms with van der Waals surface area (Å²) in [4.78, 5) is 13.0. The highest BCUT2D eigenvalue weighted by Gasteiger charge is 2.24. The lowest BCUT2D eigenvalue weighted by Crippen LogP contribution is -2.10. The first-order valence-corrected chi connectivity index (χ1v) is 6.62. The third-order valence-electron chi connectivity index (χ3n) is 2.66.